The fraction of sp³-hybridized carbons (Fsp3) is 0.154. The number of aryl methyl sites for hydroxylation is 2. The second-order valence-corrected chi connectivity index (χ2v) is 13.5. The lowest BCUT2D eigenvalue weighted by molar-refractivity contribution is 0.640. The Morgan fingerprint density at radius 2 is 1.64 bits per heavy atom. The van der Waals surface area contributed by atoms with Gasteiger partial charge >= 0.3 is 0 Å². The molecule has 8 aromatic rings. The Hall–Kier alpha value is -4.94. The molecule has 9 rings (SSSR count). The van der Waals surface area contributed by atoms with Crippen molar-refractivity contribution < 1.29 is 8.81 Å². The number of fused-ring (bicyclic) bond motifs is 8. The average molecular weight is 608 g/mol. The minimum absolute atomic E-state index is 0.219. The van der Waals surface area contributed by atoms with E-state index < -0.39 is 0 Å². The second kappa shape index (κ2) is 9.53. The third-order valence-electron chi connectivity index (χ3n) is 9.35. The Morgan fingerprint density at radius 3 is 2.47 bits per heavy atom. The van der Waals surface area contributed by atoms with Crippen LogP contribution in [0.2, 0.25) is 0 Å². The molecule has 1 aliphatic rings. The van der Waals surface area contributed by atoms with E-state index in [1.165, 1.54) is 10.8 Å². The summed E-state index contributed by atoms with van der Waals surface area (Å²) >= 11 is 1.58. The van der Waals surface area contributed by atoms with Gasteiger partial charge in [-0.1, -0.05) is 62.4 Å². The largest absolute Gasteiger partial charge is 0.456 e. The van der Waals surface area contributed by atoms with Crippen LogP contribution < -0.4 is 10.2 Å². The molecule has 1 aliphatic heterocycles. The van der Waals surface area contributed by atoms with E-state index in [0.29, 0.717) is 11.3 Å². The van der Waals surface area contributed by atoms with Gasteiger partial charge in [0.05, 0.1) is 17.1 Å². The van der Waals surface area contributed by atoms with E-state index in [0.717, 1.165) is 76.3 Å². The summed E-state index contributed by atoms with van der Waals surface area (Å²) in [5, 5.41) is 9.94. The van der Waals surface area contributed by atoms with Crippen molar-refractivity contribution in [2.45, 2.75) is 39.8 Å². The molecule has 0 bridgehead atoms. The predicted molar refractivity (Wildman–Crippen MR) is 187 cm³/mol. The van der Waals surface area contributed by atoms with Gasteiger partial charge in [-0.15, -0.1) is 11.3 Å². The normalized spacial score (nSPS) is 14.9. The van der Waals surface area contributed by atoms with Crippen LogP contribution >= 0.6 is 11.3 Å². The van der Waals surface area contributed by atoms with E-state index in [4.69, 9.17) is 9.40 Å². The number of hydrogen-bond donors (Lipinski definition) is 1. The van der Waals surface area contributed by atoms with E-state index in [-0.39, 0.29) is 12.0 Å². The molecule has 5 aromatic carbocycles. The molecule has 0 saturated carbocycles. The molecule has 0 fully saturated rings. The van der Waals surface area contributed by atoms with Crippen LogP contribution in [0.15, 0.2) is 95.4 Å². The molecule has 220 valence electrons. The fourth-order valence-corrected chi connectivity index (χ4v) is 8.43. The number of hydrogen-bond acceptors (Lipinski definition) is 5. The van der Waals surface area contributed by atoms with E-state index in [1.807, 2.05) is 30.3 Å². The molecule has 45 heavy (non-hydrogen) atoms. The maximum atomic E-state index is 15.7. The summed E-state index contributed by atoms with van der Waals surface area (Å²) in [6.07, 6.45) is -0.281. The lowest BCUT2D eigenvalue weighted by Crippen LogP contribution is -2.25. The van der Waals surface area contributed by atoms with Crippen LogP contribution in [0.1, 0.15) is 48.3 Å². The van der Waals surface area contributed by atoms with Gasteiger partial charge in [-0.2, -0.15) is 0 Å². The Balaban J connectivity index is 1.33. The highest BCUT2D eigenvalue weighted by molar-refractivity contribution is 7.25. The highest BCUT2D eigenvalue weighted by atomic mass is 32.1. The number of halogens is 1. The first-order valence-electron chi connectivity index (χ1n) is 15.4. The van der Waals surface area contributed by atoms with Gasteiger partial charge in [-0.25, -0.2) is 9.37 Å². The zero-order chi connectivity index (χ0) is 30.6. The van der Waals surface area contributed by atoms with Gasteiger partial charge in [0.15, 0.2) is 0 Å². The van der Waals surface area contributed by atoms with Crippen molar-refractivity contribution >= 4 is 81.4 Å². The number of thiophene rings is 1. The molecule has 0 radical (unpaired) electrons. The average Bonchev–Trinajstić information content (AvgIpc) is 3.72. The molecule has 0 saturated heterocycles. The smallest absolute Gasteiger partial charge is 0.140 e. The maximum Gasteiger partial charge on any atom is 0.140 e. The summed E-state index contributed by atoms with van der Waals surface area (Å²) < 4.78 is 23.1. The number of para-hydroxylation sites is 1. The Morgan fingerprint density at radius 1 is 0.867 bits per heavy atom. The van der Waals surface area contributed by atoms with E-state index in [1.54, 1.807) is 17.4 Å². The molecule has 1 atom stereocenters. The molecule has 6 heteroatoms. The molecular weight excluding hydrogens is 578 g/mol. The Labute approximate surface area is 263 Å². The summed E-state index contributed by atoms with van der Waals surface area (Å²) in [6.45, 7) is 8.61. The summed E-state index contributed by atoms with van der Waals surface area (Å²) in [6, 6.07) is 31.0. The van der Waals surface area contributed by atoms with Crippen molar-refractivity contribution in [1.29, 1.82) is 0 Å². The number of rotatable bonds is 3. The number of nitrogens with zero attached hydrogens (tertiary/aromatic N) is 2. The zero-order valence-electron chi connectivity index (χ0n) is 25.4. The Kier molecular flexibility index (Phi) is 5.60. The van der Waals surface area contributed by atoms with Gasteiger partial charge in [0.2, 0.25) is 0 Å². The standard InChI is InChI=1S/C39H30FN3OS/c1-20(2)30-16-14-26-34-29(40)15-13-27(37(34)45-39(26)42-30)38-41-31-18-23-9-5-6-10-24(23)19-32(31)43(38)35-21(3)17-28-25-11-7-8-12-33(25)44-36(28)22(35)4/h5-20,38,41H,1-4H3. The third-order valence-corrected chi connectivity index (χ3v) is 10.5. The minimum atomic E-state index is -0.281. The van der Waals surface area contributed by atoms with Crippen molar-refractivity contribution in [3.8, 4) is 0 Å². The molecule has 3 aromatic heterocycles. The van der Waals surface area contributed by atoms with Gasteiger partial charge in [-0.05, 0) is 78.6 Å². The highest BCUT2D eigenvalue weighted by Gasteiger charge is 2.36. The fourth-order valence-electron chi connectivity index (χ4n) is 7.20. The van der Waals surface area contributed by atoms with Crippen LogP contribution in [0, 0.1) is 19.7 Å². The SMILES string of the molecule is Cc1cc2c(oc3ccccc32)c(C)c1N1c2cc3ccccc3cc2NC1c1ccc(F)c2c1sc1nc(C(C)C)ccc12. The molecule has 1 N–H and O–H groups in total. The molecule has 4 nitrogen and oxygen atoms in total. The second-order valence-electron chi connectivity index (χ2n) is 12.5. The quantitative estimate of drug-likeness (QED) is 0.217. The summed E-state index contributed by atoms with van der Waals surface area (Å²) in [7, 11) is 0. The van der Waals surface area contributed by atoms with Gasteiger partial charge in [0, 0.05) is 43.1 Å². The first-order chi connectivity index (χ1) is 21.9. The van der Waals surface area contributed by atoms with Crippen molar-refractivity contribution in [2.75, 3.05) is 10.2 Å². The van der Waals surface area contributed by atoms with Crippen molar-refractivity contribution in [1.82, 2.24) is 4.98 Å². The molecule has 0 aliphatic carbocycles. The molecule has 0 spiro atoms. The third kappa shape index (κ3) is 3.78. The zero-order valence-corrected chi connectivity index (χ0v) is 26.2. The number of pyridine rings is 1. The number of furan rings is 1. The van der Waals surface area contributed by atoms with Crippen LogP contribution in [0.4, 0.5) is 21.5 Å². The monoisotopic (exact) mass is 607 g/mol. The molecule has 4 heterocycles. The lowest BCUT2D eigenvalue weighted by atomic mass is 10.00. The van der Waals surface area contributed by atoms with Gasteiger partial charge in [-0.3, -0.25) is 0 Å². The van der Waals surface area contributed by atoms with E-state index in [2.05, 4.69) is 92.5 Å². The maximum absolute atomic E-state index is 15.7. The number of benzene rings is 5. The molecular formula is C39H30FN3OS. The predicted octanol–water partition coefficient (Wildman–Crippen LogP) is 11.6. The summed E-state index contributed by atoms with van der Waals surface area (Å²) in [4.78, 5) is 8.22. The summed E-state index contributed by atoms with van der Waals surface area (Å²) in [5.41, 5.74) is 9.25. The van der Waals surface area contributed by atoms with Crippen LogP contribution in [-0.4, -0.2) is 4.98 Å². The van der Waals surface area contributed by atoms with Crippen LogP contribution in [-0.2, 0) is 0 Å². The van der Waals surface area contributed by atoms with Crippen LogP contribution in [0.25, 0.3) is 53.0 Å². The van der Waals surface area contributed by atoms with Crippen molar-refractivity contribution in [3.05, 3.63) is 119 Å². The first kappa shape index (κ1) is 26.5. The molecule has 0 amide bonds. The number of nitrogens with one attached hydrogen (secondary N) is 1. The van der Waals surface area contributed by atoms with Crippen molar-refractivity contribution in [2.24, 2.45) is 0 Å². The van der Waals surface area contributed by atoms with E-state index in [9.17, 15) is 0 Å². The van der Waals surface area contributed by atoms with Crippen LogP contribution in [0.5, 0.6) is 0 Å². The van der Waals surface area contributed by atoms with Gasteiger partial charge in [0.25, 0.3) is 0 Å². The van der Waals surface area contributed by atoms with Gasteiger partial charge < -0.3 is 14.6 Å². The van der Waals surface area contributed by atoms with Crippen LogP contribution in [0.3, 0.4) is 0 Å². The molecule has 1 unspecified atom stereocenters. The topological polar surface area (TPSA) is 41.3 Å². The van der Waals surface area contributed by atoms with Crippen molar-refractivity contribution in [3.63, 3.8) is 0 Å². The minimum Gasteiger partial charge on any atom is -0.456 e. The first-order valence-corrected chi connectivity index (χ1v) is 16.2. The Bertz CT molecular complexity index is 2510. The van der Waals surface area contributed by atoms with Gasteiger partial charge in [0.1, 0.15) is 28.0 Å². The summed E-state index contributed by atoms with van der Waals surface area (Å²) in [5.74, 6) is 0.0709. The number of aromatic nitrogens is 1. The highest BCUT2D eigenvalue weighted by Crippen LogP contribution is 2.53. The number of anilines is 3. The lowest BCUT2D eigenvalue weighted by Gasteiger charge is -2.30. The van der Waals surface area contributed by atoms with E-state index >= 15 is 4.39 Å².